The van der Waals surface area contributed by atoms with Gasteiger partial charge in [0.2, 0.25) is 5.91 Å². The average Bonchev–Trinajstić information content (AvgIpc) is 2.91. The molecule has 0 aliphatic carbocycles. The van der Waals surface area contributed by atoms with Crippen LogP contribution in [0.4, 0.5) is 4.39 Å². The number of nitrogens with zero attached hydrogens (tertiary/aromatic N) is 2. The summed E-state index contributed by atoms with van der Waals surface area (Å²) >= 11 is 0. The Kier molecular flexibility index (Phi) is 6.25. The summed E-state index contributed by atoms with van der Waals surface area (Å²) < 4.78 is 23.4. The van der Waals surface area contributed by atoms with Crippen molar-refractivity contribution in [2.45, 2.75) is 46.8 Å². The van der Waals surface area contributed by atoms with E-state index >= 15 is 0 Å². The summed E-state index contributed by atoms with van der Waals surface area (Å²) in [7, 11) is 0. The van der Waals surface area contributed by atoms with Crippen molar-refractivity contribution in [3.63, 3.8) is 0 Å². The summed E-state index contributed by atoms with van der Waals surface area (Å²) in [5, 5.41) is 6.60. The second-order valence-corrected chi connectivity index (χ2v) is 7.16. The first-order chi connectivity index (χ1) is 11.7. The standard InChI is InChI=1S/C18H24FN3O3/c1-12-20-17(25-22-12)11-24-10-16(23)21-15(9-18(2,3)4)13-5-7-14(19)8-6-13/h5-8,15H,9-11H2,1-4H3,(H,21,23). The van der Waals surface area contributed by atoms with Gasteiger partial charge in [0.1, 0.15) is 19.0 Å². The van der Waals surface area contributed by atoms with Crippen molar-refractivity contribution in [1.82, 2.24) is 15.5 Å². The fourth-order valence-corrected chi connectivity index (χ4v) is 2.43. The highest BCUT2D eigenvalue weighted by atomic mass is 19.1. The van der Waals surface area contributed by atoms with E-state index in [0.717, 1.165) is 5.56 Å². The molecule has 1 unspecified atom stereocenters. The maximum Gasteiger partial charge on any atom is 0.252 e. The van der Waals surface area contributed by atoms with Crippen molar-refractivity contribution in [3.8, 4) is 0 Å². The second kappa shape index (κ2) is 8.20. The van der Waals surface area contributed by atoms with Crippen LogP contribution in [0.1, 0.15) is 50.5 Å². The average molecular weight is 349 g/mol. The lowest BCUT2D eigenvalue weighted by Crippen LogP contribution is -2.33. The predicted octanol–water partition coefficient (Wildman–Crippen LogP) is 3.33. The first-order valence-electron chi connectivity index (χ1n) is 8.15. The molecule has 1 amide bonds. The first kappa shape index (κ1) is 19.1. The van der Waals surface area contributed by atoms with E-state index in [2.05, 4.69) is 36.2 Å². The number of carbonyl (C=O) groups excluding carboxylic acids is 1. The SMILES string of the molecule is Cc1noc(COCC(=O)NC(CC(C)(C)C)c2ccc(F)cc2)n1. The molecule has 0 saturated heterocycles. The number of carbonyl (C=O) groups is 1. The Balaban J connectivity index is 1.93. The summed E-state index contributed by atoms with van der Waals surface area (Å²) in [4.78, 5) is 16.2. The molecule has 2 aromatic rings. The third-order valence-electron chi connectivity index (χ3n) is 3.45. The van der Waals surface area contributed by atoms with Crippen LogP contribution < -0.4 is 5.32 Å². The molecule has 1 atom stereocenters. The van der Waals surface area contributed by atoms with Gasteiger partial charge in [0.05, 0.1) is 6.04 Å². The molecular formula is C18H24FN3O3. The summed E-state index contributed by atoms with van der Waals surface area (Å²) in [6, 6.07) is 5.95. The number of nitrogens with one attached hydrogen (secondary N) is 1. The molecule has 1 N–H and O–H groups in total. The predicted molar refractivity (Wildman–Crippen MR) is 90.0 cm³/mol. The van der Waals surface area contributed by atoms with Gasteiger partial charge in [-0.3, -0.25) is 4.79 Å². The molecule has 1 heterocycles. The molecule has 7 heteroatoms. The van der Waals surface area contributed by atoms with Crippen LogP contribution in [0.25, 0.3) is 0 Å². The number of ether oxygens (including phenoxy) is 1. The molecule has 0 radical (unpaired) electrons. The Morgan fingerprint density at radius 2 is 2.00 bits per heavy atom. The van der Waals surface area contributed by atoms with Crippen molar-refractivity contribution in [3.05, 3.63) is 47.4 Å². The summed E-state index contributed by atoms with van der Waals surface area (Å²) in [6.45, 7) is 7.93. The molecule has 0 aliphatic heterocycles. The number of halogens is 1. The Morgan fingerprint density at radius 3 is 2.56 bits per heavy atom. The van der Waals surface area contributed by atoms with E-state index < -0.39 is 0 Å². The van der Waals surface area contributed by atoms with Gasteiger partial charge in [-0.25, -0.2) is 4.39 Å². The summed E-state index contributed by atoms with van der Waals surface area (Å²) in [5.41, 5.74) is 0.853. The zero-order chi connectivity index (χ0) is 18.4. The highest BCUT2D eigenvalue weighted by molar-refractivity contribution is 5.77. The Labute approximate surface area is 146 Å². The van der Waals surface area contributed by atoms with Gasteiger partial charge in [-0.1, -0.05) is 38.1 Å². The van der Waals surface area contributed by atoms with Crippen LogP contribution in [0, 0.1) is 18.2 Å². The largest absolute Gasteiger partial charge is 0.362 e. The van der Waals surface area contributed by atoms with Crippen LogP contribution in [0.2, 0.25) is 0 Å². The number of rotatable bonds is 7. The minimum atomic E-state index is -0.303. The van der Waals surface area contributed by atoms with E-state index in [1.165, 1.54) is 12.1 Å². The van der Waals surface area contributed by atoms with Crippen molar-refractivity contribution >= 4 is 5.91 Å². The molecule has 0 spiro atoms. The molecular weight excluding hydrogens is 325 g/mol. The molecule has 0 saturated carbocycles. The van der Waals surface area contributed by atoms with E-state index in [9.17, 15) is 9.18 Å². The first-order valence-corrected chi connectivity index (χ1v) is 8.15. The lowest BCUT2D eigenvalue weighted by atomic mass is 9.85. The number of amides is 1. The van der Waals surface area contributed by atoms with Crippen LogP contribution in [-0.2, 0) is 16.1 Å². The number of benzene rings is 1. The van der Waals surface area contributed by atoms with Crippen LogP contribution in [-0.4, -0.2) is 22.7 Å². The zero-order valence-corrected chi connectivity index (χ0v) is 15.0. The van der Waals surface area contributed by atoms with E-state index in [-0.39, 0.29) is 36.4 Å². The van der Waals surface area contributed by atoms with Gasteiger partial charge < -0.3 is 14.6 Å². The molecule has 2 rings (SSSR count). The number of aromatic nitrogens is 2. The molecule has 0 bridgehead atoms. The zero-order valence-electron chi connectivity index (χ0n) is 15.0. The van der Waals surface area contributed by atoms with Gasteiger partial charge in [0, 0.05) is 0 Å². The van der Waals surface area contributed by atoms with E-state index in [4.69, 9.17) is 9.26 Å². The lowest BCUT2D eigenvalue weighted by molar-refractivity contribution is -0.127. The van der Waals surface area contributed by atoms with Gasteiger partial charge in [0.15, 0.2) is 5.82 Å². The Hall–Kier alpha value is -2.28. The number of hydrogen-bond donors (Lipinski definition) is 1. The Morgan fingerprint density at radius 1 is 1.32 bits per heavy atom. The van der Waals surface area contributed by atoms with Crippen molar-refractivity contribution < 1.29 is 18.4 Å². The molecule has 1 aromatic carbocycles. The van der Waals surface area contributed by atoms with Crippen LogP contribution >= 0.6 is 0 Å². The van der Waals surface area contributed by atoms with Gasteiger partial charge in [-0.2, -0.15) is 4.98 Å². The molecule has 0 fully saturated rings. The van der Waals surface area contributed by atoms with Crippen LogP contribution in [0.3, 0.4) is 0 Å². The number of aryl methyl sites for hydroxylation is 1. The van der Waals surface area contributed by atoms with E-state index in [1.807, 2.05) is 0 Å². The van der Waals surface area contributed by atoms with Crippen LogP contribution in [0.5, 0.6) is 0 Å². The normalized spacial score (nSPS) is 12.8. The second-order valence-electron chi connectivity index (χ2n) is 7.16. The van der Waals surface area contributed by atoms with Crippen LogP contribution in [0.15, 0.2) is 28.8 Å². The van der Waals surface area contributed by atoms with Gasteiger partial charge >= 0.3 is 0 Å². The fraction of sp³-hybridized carbons (Fsp3) is 0.500. The summed E-state index contributed by atoms with van der Waals surface area (Å²) in [5.74, 6) is 0.289. The molecule has 6 nitrogen and oxygen atoms in total. The molecule has 136 valence electrons. The molecule has 0 aliphatic rings. The van der Waals surface area contributed by atoms with Crippen molar-refractivity contribution in [2.75, 3.05) is 6.61 Å². The monoisotopic (exact) mass is 349 g/mol. The van der Waals surface area contributed by atoms with Gasteiger partial charge in [-0.15, -0.1) is 0 Å². The van der Waals surface area contributed by atoms with Crippen molar-refractivity contribution in [2.24, 2.45) is 5.41 Å². The Bertz CT molecular complexity index is 692. The summed E-state index contributed by atoms with van der Waals surface area (Å²) in [6.07, 6.45) is 0.716. The van der Waals surface area contributed by atoms with Gasteiger partial charge in [-0.05, 0) is 36.5 Å². The fourth-order valence-electron chi connectivity index (χ4n) is 2.43. The molecule has 25 heavy (non-hydrogen) atoms. The number of hydrogen-bond acceptors (Lipinski definition) is 5. The highest BCUT2D eigenvalue weighted by Gasteiger charge is 2.22. The minimum Gasteiger partial charge on any atom is -0.362 e. The lowest BCUT2D eigenvalue weighted by Gasteiger charge is -2.27. The van der Waals surface area contributed by atoms with Gasteiger partial charge in [0.25, 0.3) is 5.89 Å². The topological polar surface area (TPSA) is 77.2 Å². The quantitative estimate of drug-likeness (QED) is 0.830. The van der Waals surface area contributed by atoms with E-state index in [0.29, 0.717) is 18.1 Å². The third kappa shape index (κ3) is 6.62. The third-order valence-corrected chi connectivity index (χ3v) is 3.45. The minimum absolute atomic E-state index is 0.00548. The maximum atomic E-state index is 13.2. The smallest absolute Gasteiger partial charge is 0.252 e. The molecule has 1 aromatic heterocycles. The van der Waals surface area contributed by atoms with Crippen molar-refractivity contribution in [1.29, 1.82) is 0 Å². The highest BCUT2D eigenvalue weighted by Crippen LogP contribution is 2.29. The van der Waals surface area contributed by atoms with E-state index in [1.54, 1.807) is 19.1 Å². The maximum absolute atomic E-state index is 13.2.